The molecule has 0 aliphatic rings. The lowest BCUT2D eigenvalue weighted by atomic mass is 10.3. The molecule has 0 saturated carbocycles. The number of rotatable bonds is 6. The molecule has 0 heterocycles. The van der Waals surface area contributed by atoms with Crippen LogP contribution in [-0.2, 0) is 9.53 Å². The maximum atomic E-state index is 11.1. The summed E-state index contributed by atoms with van der Waals surface area (Å²) in [6.07, 6.45) is 2.06. The van der Waals surface area contributed by atoms with Gasteiger partial charge in [0.15, 0.2) is 0 Å². The van der Waals surface area contributed by atoms with E-state index in [0.29, 0.717) is 12.4 Å². The number of amides is 1. The third-order valence-corrected chi connectivity index (χ3v) is 2.20. The smallest absolute Gasteiger partial charge is 0.302 e. The number of thioether (sulfide) groups is 1. The molecule has 0 rings (SSSR count). The van der Waals surface area contributed by atoms with Gasteiger partial charge < -0.3 is 10.1 Å². The zero-order valence-corrected chi connectivity index (χ0v) is 9.49. The van der Waals surface area contributed by atoms with E-state index in [-0.39, 0.29) is 11.2 Å². The molecule has 0 aliphatic heterocycles. The topological polar surface area (TPSA) is 55.4 Å². The summed E-state index contributed by atoms with van der Waals surface area (Å²) in [5.74, 6) is 0.203. The summed E-state index contributed by atoms with van der Waals surface area (Å²) >= 11 is 1.14. The number of carbonyl (C=O) groups excluding carboxylic acids is 2. The van der Waals surface area contributed by atoms with Crippen molar-refractivity contribution in [3.05, 3.63) is 0 Å². The highest BCUT2D eigenvalue weighted by Gasteiger charge is 2.01. The Kier molecular flexibility index (Phi) is 8.42. The van der Waals surface area contributed by atoms with Crippen molar-refractivity contribution in [1.82, 2.24) is 5.32 Å². The quantitative estimate of drug-likeness (QED) is 0.546. The fourth-order valence-corrected chi connectivity index (χ4v) is 1.29. The Labute approximate surface area is 88.8 Å². The summed E-state index contributed by atoms with van der Waals surface area (Å²) in [6, 6.07) is 0. The van der Waals surface area contributed by atoms with E-state index in [2.05, 4.69) is 17.0 Å². The van der Waals surface area contributed by atoms with Crippen molar-refractivity contribution in [3.63, 3.8) is 0 Å². The molecule has 1 N–H and O–H groups in total. The van der Waals surface area contributed by atoms with Crippen molar-refractivity contribution >= 4 is 23.0 Å². The van der Waals surface area contributed by atoms with Crippen LogP contribution in [0.4, 0.5) is 4.79 Å². The van der Waals surface area contributed by atoms with E-state index in [1.807, 2.05) is 0 Å². The predicted molar refractivity (Wildman–Crippen MR) is 57.4 cm³/mol. The van der Waals surface area contributed by atoms with Crippen LogP contribution in [0.15, 0.2) is 0 Å². The van der Waals surface area contributed by atoms with Gasteiger partial charge in [-0.25, -0.2) is 0 Å². The van der Waals surface area contributed by atoms with E-state index in [4.69, 9.17) is 0 Å². The Morgan fingerprint density at radius 2 is 2.14 bits per heavy atom. The Hall–Kier alpha value is -0.710. The normalized spacial score (nSPS) is 9.57. The highest BCUT2D eigenvalue weighted by atomic mass is 32.2. The van der Waals surface area contributed by atoms with Gasteiger partial charge in [-0.2, -0.15) is 0 Å². The molecule has 0 fully saturated rings. The molecule has 5 heteroatoms. The average Bonchev–Trinajstić information content (AvgIpc) is 2.13. The molecule has 0 radical (unpaired) electrons. The lowest BCUT2D eigenvalue weighted by Crippen LogP contribution is -2.20. The zero-order valence-electron chi connectivity index (χ0n) is 8.67. The Bertz CT molecular complexity index is 185. The fraction of sp³-hybridized carbons (Fsp3) is 0.778. The van der Waals surface area contributed by atoms with Gasteiger partial charge in [0.25, 0.3) is 5.24 Å². The van der Waals surface area contributed by atoms with Crippen molar-refractivity contribution in [2.45, 2.75) is 26.7 Å². The number of ether oxygens (including phenoxy) is 1. The number of carbonyl (C=O) groups is 2. The SMILES string of the molecule is CCCCNC(=O)SCCOC(C)=O. The van der Waals surface area contributed by atoms with Gasteiger partial charge >= 0.3 is 5.97 Å². The van der Waals surface area contributed by atoms with Crippen molar-refractivity contribution in [1.29, 1.82) is 0 Å². The largest absolute Gasteiger partial charge is 0.465 e. The molecule has 0 atom stereocenters. The predicted octanol–water partition coefficient (Wildman–Crippen LogP) is 1.79. The first-order chi connectivity index (χ1) is 6.66. The molecular weight excluding hydrogens is 202 g/mol. The molecule has 1 amide bonds. The van der Waals surface area contributed by atoms with E-state index in [1.165, 1.54) is 6.92 Å². The van der Waals surface area contributed by atoms with Gasteiger partial charge in [-0.3, -0.25) is 9.59 Å². The number of nitrogens with one attached hydrogen (secondary N) is 1. The molecule has 0 spiro atoms. The fourth-order valence-electron chi connectivity index (χ4n) is 0.738. The van der Waals surface area contributed by atoms with Crippen LogP contribution in [0, 0.1) is 0 Å². The van der Waals surface area contributed by atoms with Gasteiger partial charge in [0.2, 0.25) is 0 Å². The van der Waals surface area contributed by atoms with Crippen molar-refractivity contribution in [2.24, 2.45) is 0 Å². The molecule has 0 aromatic carbocycles. The molecule has 14 heavy (non-hydrogen) atoms. The van der Waals surface area contributed by atoms with Crippen LogP contribution in [0.25, 0.3) is 0 Å². The first kappa shape index (κ1) is 13.3. The molecule has 0 unspecified atom stereocenters. The van der Waals surface area contributed by atoms with Crippen LogP contribution in [0.2, 0.25) is 0 Å². The van der Waals surface area contributed by atoms with Crippen molar-refractivity contribution in [3.8, 4) is 0 Å². The van der Waals surface area contributed by atoms with Gasteiger partial charge in [-0.15, -0.1) is 0 Å². The molecular formula is C9H17NO3S. The maximum absolute atomic E-state index is 11.1. The highest BCUT2D eigenvalue weighted by Crippen LogP contribution is 2.01. The number of hydrogen-bond acceptors (Lipinski definition) is 4. The van der Waals surface area contributed by atoms with E-state index in [1.54, 1.807) is 0 Å². The molecule has 0 bridgehead atoms. The summed E-state index contributed by atoms with van der Waals surface area (Å²) in [5.41, 5.74) is 0. The van der Waals surface area contributed by atoms with Crippen LogP contribution >= 0.6 is 11.8 Å². The minimum absolute atomic E-state index is 0.0504. The van der Waals surface area contributed by atoms with Crippen molar-refractivity contribution in [2.75, 3.05) is 18.9 Å². The monoisotopic (exact) mass is 219 g/mol. The first-order valence-corrected chi connectivity index (χ1v) is 5.69. The lowest BCUT2D eigenvalue weighted by Gasteiger charge is -2.03. The Morgan fingerprint density at radius 3 is 2.71 bits per heavy atom. The minimum atomic E-state index is -0.308. The third kappa shape index (κ3) is 9.38. The molecule has 4 nitrogen and oxygen atoms in total. The number of unbranched alkanes of at least 4 members (excludes halogenated alkanes) is 1. The van der Waals surface area contributed by atoms with Gasteiger partial charge in [-0.1, -0.05) is 25.1 Å². The minimum Gasteiger partial charge on any atom is -0.465 e. The summed E-state index contributed by atoms with van der Waals surface area (Å²) in [5, 5.41) is 2.70. The second-order valence-corrected chi connectivity index (χ2v) is 3.82. The van der Waals surface area contributed by atoms with E-state index in [0.717, 1.165) is 31.1 Å². The Balaban J connectivity index is 3.22. The second kappa shape index (κ2) is 8.87. The van der Waals surface area contributed by atoms with E-state index < -0.39 is 0 Å². The van der Waals surface area contributed by atoms with Crippen LogP contribution in [-0.4, -0.2) is 30.1 Å². The lowest BCUT2D eigenvalue weighted by molar-refractivity contribution is -0.140. The van der Waals surface area contributed by atoms with Gasteiger partial charge in [0, 0.05) is 19.2 Å². The molecule has 0 aromatic heterocycles. The number of hydrogen-bond donors (Lipinski definition) is 1. The molecule has 0 saturated heterocycles. The van der Waals surface area contributed by atoms with Crippen LogP contribution in [0.3, 0.4) is 0 Å². The highest BCUT2D eigenvalue weighted by molar-refractivity contribution is 8.13. The maximum Gasteiger partial charge on any atom is 0.302 e. The first-order valence-electron chi connectivity index (χ1n) is 4.70. The number of esters is 1. The summed E-state index contributed by atoms with van der Waals surface area (Å²) in [4.78, 5) is 21.4. The third-order valence-electron chi connectivity index (χ3n) is 1.42. The van der Waals surface area contributed by atoms with E-state index in [9.17, 15) is 9.59 Å². The molecule has 0 aliphatic carbocycles. The van der Waals surface area contributed by atoms with Crippen LogP contribution in [0.5, 0.6) is 0 Å². The zero-order chi connectivity index (χ0) is 10.8. The van der Waals surface area contributed by atoms with Crippen LogP contribution < -0.4 is 5.32 Å². The summed E-state index contributed by atoms with van der Waals surface area (Å²) in [6.45, 7) is 4.43. The van der Waals surface area contributed by atoms with Gasteiger partial charge in [-0.05, 0) is 6.42 Å². The summed E-state index contributed by atoms with van der Waals surface area (Å²) in [7, 11) is 0. The van der Waals surface area contributed by atoms with E-state index >= 15 is 0 Å². The molecule has 82 valence electrons. The van der Waals surface area contributed by atoms with Crippen LogP contribution in [0.1, 0.15) is 26.7 Å². The average molecular weight is 219 g/mol. The molecule has 0 aromatic rings. The van der Waals surface area contributed by atoms with Gasteiger partial charge in [0.05, 0.1) is 0 Å². The van der Waals surface area contributed by atoms with Gasteiger partial charge in [0.1, 0.15) is 6.61 Å². The Morgan fingerprint density at radius 1 is 1.43 bits per heavy atom. The summed E-state index contributed by atoms with van der Waals surface area (Å²) < 4.78 is 4.68. The second-order valence-electron chi connectivity index (χ2n) is 2.76. The van der Waals surface area contributed by atoms with Crippen molar-refractivity contribution < 1.29 is 14.3 Å². The standard InChI is InChI=1S/C9H17NO3S/c1-3-4-5-10-9(12)14-7-6-13-8(2)11/h3-7H2,1-2H3,(H,10,12).